The summed E-state index contributed by atoms with van der Waals surface area (Å²) in [6, 6.07) is 0. The second-order valence-corrected chi connectivity index (χ2v) is 3.86. The zero-order valence-electron chi connectivity index (χ0n) is 8.49. The molecule has 1 N–H and O–H groups in total. The van der Waals surface area contributed by atoms with Crippen LogP contribution >= 0.6 is 0 Å². The molecule has 0 aromatic carbocycles. The van der Waals surface area contributed by atoms with Crippen molar-refractivity contribution in [1.82, 2.24) is 19.9 Å². The summed E-state index contributed by atoms with van der Waals surface area (Å²) in [7, 11) is 0. The molecule has 0 radical (unpaired) electrons. The van der Waals surface area contributed by atoms with E-state index in [0.717, 1.165) is 29.8 Å². The molecule has 0 atom stereocenters. The van der Waals surface area contributed by atoms with Gasteiger partial charge in [-0.1, -0.05) is 13.8 Å². The van der Waals surface area contributed by atoms with Crippen molar-refractivity contribution < 1.29 is 0 Å². The van der Waals surface area contributed by atoms with E-state index in [0.29, 0.717) is 5.92 Å². The van der Waals surface area contributed by atoms with Gasteiger partial charge in [-0.25, -0.2) is 15.0 Å². The van der Waals surface area contributed by atoms with Gasteiger partial charge in [0, 0.05) is 6.42 Å². The number of hydrogen-bond donors (Lipinski definition) is 1. The van der Waals surface area contributed by atoms with Crippen LogP contribution < -0.4 is 0 Å². The monoisotopic (exact) mass is 190 g/mol. The van der Waals surface area contributed by atoms with E-state index in [4.69, 9.17) is 0 Å². The number of nitrogens with one attached hydrogen (secondary N) is 1. The predicted molar refractivity (Wildman–Crippen MR) is 54.8 cm³/mol. The molecule has 2 heterocycles. The molecule has 14 heavy (non-hydrogen) atoms. The predicted octanol–water partition coefficient (Wildman–Crippen LogP) is 1.94. The Kier molecular flexibility index (Phi) is 2.43. The van der Waals surface area contributed by atoms with E-state index in [1.165, 1.54) is 0 Å². The Bertz CT molecular complexity index is 419. The van der Waals surface area contributed by atoms with Crippen LogP contribution in [0, 0.1) is 5.92 Å². The van der Waals surface area contributed by atoms with E-state index >= 15 is 0 Å². The third kappa shape index (κ3) is 1.89. The quantitative estimate of drug-likeness (QED) is 0.804. The highest BCUT2D eigenvalue weighted by Crippen LogP contribution is 2.08. The van der Waals surface area contributed by atoms with E-state index in [2.05, 4.69) is 33.8 Å². The molecule has 0 aliphatic heterocycles. The molecule has 0 unspecified atom stereocenters. The van der Waals surface area contributed by atoms with E-state index < -0.39 is 0 Å². The number of imidazole rings is 1. The van der Waals surface area contributed by atoms with E-state index in [1.54, 1.807) is 12.5 Å². The Morgan fingerprint density at radius 3 is 3.00 bits per heavy atom. The third-order valence-corrected chi connectivity index (χ3v) is 2.17. The van der Waals surface area contributed by atoms with Crippen LogP contribution in [0.4, 0.5) is 0 Å². The van der Waals surface area contributed by atoms with Crippen LogP contribution in [0.3, 0.4) is 0 Å². The molecule has 2 aromatic rings. The highest BCUT2D eigenvalue weighted by molar-refractivity contribution is 5.67. The molecule has 0 saturated carbocycles. The van der Waals surface area contributed by atoms with Crippen molar-refractivity contribution in [1.29, 1.82) is 0 Å². The summed E-state index contributed by atoms with van der Waals surface area (Å²) in [5, 5.41) is 0. The SMILES string of the molecule is CC(C)CCc1ncc2[nH]cnc2n1. The summed E-state index contributed by atoms with van der Waals surface area (Å²) in [5.74, 6) is 1.58. The highest BCUT2D eigenvalue weighted by Gasteiger charge is 2.02. The fourth-order valence-electron chi connectivity index (χ4n) is 1.31. The van der Waals surface area contributed by atoms with Crippen LogP contribution in [-0.4, -0.2) is 19.9 Å². The van der Waals surface area contributed by atoms with Gasteiger partial charge < -0.3 is 4.98 Å². The highest BCUT2D eigenvalue weighted by atomic mass is 15.0. The Labute approximate surface area is 82.8 Å². The average Bonchev–Trinajstić information content (AvgIpc) is 2.61. The fraction of sp³-hybridized carbons (Fsp3) is 0.500. The molecule has 2 aromatic heterocycles. The lowest BCUT2D eigenvalue weighted by atomic mass is 10.1. The standard InChI is InChI=1S/C10H14N4/c1-7(2)3-4-9-11-5-8-10(14-9)13-6-12-8/h5-7H,3-4H2,1-2H3,(H,11,12,13,14). The summed E-state index contributed by atoms with van der Waals surface area (Å²) in [6.07, 6.45) is 5.49. The molecule has 74 valence electrons. The summed E-state index contributed by atoms with van der Waals surface area (Å²) in [5.41, 5.74) is 1.66. The molecular weight excluding hydrogens is 176 g/mol. The molecule has 0 saturated heterocycles. The summed E-state index contributed by atoms with van der Waals surface area (Å²) in [4.78, 5) is 15.7. The average molecular weight is 190 g/mol. The van der Waals surface area contributed by atoms with Gasteiger partial charge in [0.05, 0.1) is 12.5 Å². The van der Waals surface area contributed by atoms with Gasteiger partial charge in [-0.3, -0.25) is 0 Å². The normalized spacial score (nSPS) is 11.4. The van der Waals surface area contributed by atoms with Crippen molar-refractivity contribution in [3.8, 4) is 0 Å². The van der Waals surface area contributed by atoms with Gasteiger partial charge in [0.2, 0.25) is 0 Å². The van der Waals surface area contributed by atoms with Crippen molar-refractivity contribution in [2.24, 2.45) is 5.92 Å². The Balaban J connectivity index is 2.17. The van der Waals surface area contributed by atoms with Crippen molar-refractivity contribution in [2.75, 3.05) is 0 Å². The number of hydrogen-bond acceptors (Lipinski definition) is 3. The van der Waals surface area contributed by atoms with Crippen LogP contribution in [0.1, 0.15) is 26.1 Å². The van der Waals surface area contributed by atoms with Crippen molar-refractivity contribution in [3.05, 3.63) is 18.3 Å². The summed E-state index contributed by atoms with van der Waals surface area (Å²) in [6.45, 7) is 4.40. The maximum absolute atomic E-state index is 4.35. The van der Waals surface area contributed by atoms with Crippen LogP contribution in [0.5, 0.6) is 0 Å². The Morgan fingerprint density at radius 1 is 1.36 bits per heavy atom. The van der Waals surface area contributed by atoms with Crippen LogP contribution in [0.2, 0.25) is 0 Å². The summed E-state index contributed by atoms with van der Waals surface area (Å²) < 4.78 is 0. The molecule has 0 spiro atoms. The number of fused-ring (bicyclic) bond motifs is 1. The van der Waals surface area contributed by atoms with Gasteiger partial charge in [-0.15, -0.1) is 0 Å². The topological polar surface area (TPSA) is 54.5 Å². The third-order valence-electron chi connectivity index (χ3n) is 2.17. The fourth-order valence-corrected chi connectivity index (χ4v) is 1.31. The van der Waals surface area contributed by atoms with Crippen LogP contribution in [0.25, 0.3) is 11.2 Å². The number of nitrogens with zero attached hydrogens (tertiary/aromatic N) is 3. The first-order valence-electron chi connectivity index (χ1n) is 4.90. The van der Waals surface area contributed by atoms with E-state index in [-0.39, 0.29) is 0 Å². The van der Waals surface area contributed by atoms with Crippen molar-refractivity contribution >= 4 is 11.2 Å². The van der Waals surface area contributed by atoms with Crippen molar-refractivity contribution in [3.63, 3.8) is 0 Å². The van der Waals surface area contributed by atoms with Crippen LogP contribution in [0.15, 0.2) is 12.5 Å². The van der Waals surface area contributed by atoms with Gasteiger partial charge in [0.15, 0.2) is 5.65 Å². The van der Waals surface area contributed by atoms with E-state index in [1.807, 2.05) is 0 Å². The second kappa shape index (κ2) is 3.74. The van der Waals surface area contributed by atoms with Crippen molar-refractivity contribution in [2.45, 2.75) is 26.7 Å². The number of aromatic amines is 1. The van der Waals surface area contributed by atoms with E-state index in [9.17, 15) is 0 Å². The summed E-state index contributed by atoms with van der Waals surface area (Å²) >= 11 is 0. The minimum absolute atomic E-state index is 0.688. The Hall–Kier alpha value is -1.45. The Morgan fingerprint density at radius 2 is 2.21 bits per heavy atom. The minimum atomic E-state index is 0.688. The van der Waals surface area contributed by atoms with Gasteiger partial charge >= 0.3 is 0 Å². The van der Waals surface area contributed by atoms with Gasteiger partial charge in [0.1, 0.15) is 11.3 Å². The maximum Gasteiger partial charge on any atom is 0.180 e. The second-order valence-electron chi connectivity index (χ2n) is 3.86. The molecule has 4 nitrogen and oxygen atoms in total. The molecule has 0 fully saturated rings. The molecule has 0 aliphatic carbocycles. The number of aromatic nitrogens is 4. The first-order chi connectivity index (χ1) is 6.75. The molecule has 2 rings (SSSR count). The maximum atomic E-state index is 4.35. The molecule has 0 bridgehead atoms. The smallest absolute Gasteiger partial charge is 0.180 e. The molecule has 0 aliphatic rings. The number of rotatable bonds is 3. The first kappa shape index (κ1) is 9.12. The van der Waals surface area contributed by atoms with Gasteiger partial charge in [-0.05, 0) is 12.3 Å². The van der Waals surface area contributed by atoms with Gasteiger partial charge in [-0.2, -0.15) is 0 Å². The molecule has 4 heteroatoms. The first-order valence-corrected chi connectivity index (χ1v) is 4.90. The number of aryl methyl sites for hydroxylation is 1. The lowest BCUT2D eigenvalue weighted by molar-refractivity contribution is 0.575. The molecule has 0 amide bonds. The minimum Gasteiger partial charge on any atom is -0.342 e. The zero-order valence-corrected chi connectivity index (χ0v) is 8.49. The van der Waals surface area contributed by atoms with Gasteiger partial charge in [0.25, 0.3) is 0 Å². The zero-order chi connectivity index (χ0) is 9.97. The molecular formula is C10H14N4. The lowest BCUT2D eigenvalue weighted by Crippen LogP contribution is -1.98. The lowest BCUT2D eigenvalue weighted by Gasteiger charge is -2.02. The number of H-pyrrole nitrogens is 1. The van der Waals surface area contributed by atoms with Crippen LogP contribution in [-0.2, 0) is 6.42 Å². The largest absolute Gasteiger partial charge is 0.342 e.